The third-order valence-electron chi connectivity index (χ3n) is 6.07. The van der Waals surface area contributed by atoms with E-state index in [4.69, 9.17) is 4.98 Å². The van der Waals surface area contributed by atoms with Gasteiger partial charge in [-0.25, -0.2) is 14.4 Å². The molecule has 3 N–H and O–H groups in total. The Labute approximate surface area is 210 Å². The predicted octanol–water partition coefficient (Wildman–Crippen LogP) is 5.36. The number of benzene rings is 1. The van der Waals surface area contributed by atoms with Crippen molar-refractivity contribution in [2.24, 2.45) is 5.92 Å². The molecule has 1 amide bonds. The lowest BCUT2D eigenvalue weighted by atomic mass is 10.1. The van der Waals surface area contributed by atoms with Crippen LogP contribution in [0.3, 0.4) is 0 Å². The molecule has 0 aliphatic heterocycles. The number of carbonyl (C=O) groups excluding carboxylic acids is 1. The van der Waals surface area contributed by atoms with E-state index in [0.29, 0.717) is 45.0 Å². The Bertz CT molecular complexity index is 1790. The van der Waals surface area contributed by atoms with Crippen molar-refractivity contribution in [2.45, 2.75) is 13.8 Å². The molecule has 5 aromatic heterocycles. The van der Waals surface area contributed by atoms with Crippen LogP contribution in [0.5, 0.6) is 0 Å². The second kappa shape index (κ2) is 8.90. The molecule has 9 nitrogen and oxygen atoms in total. The molecule has 0 bridgehead atoms. The van der Waals surface area contributed by atoms with Crippen molar-refractivity contribution < 1.29 is 9.18 Å². The van der Waals surface area contributed by atoms with Gasteiger partial charge in [0.05, 0.1) is 29.0 Å². The maximum Gasteiger partial charge on any atom is 0.226 e. The second-order valence-electron chi connectivity index (χ2n) is 8.95. The van der Waals surface area contributed by atoms with Gasteiger partial charge >= 0.3 is 0 Å². The van der Waals surface area contributed by atoms with Crippen molar-refractivity contribution in [1.29, 1.82) is 0 Å². The zero-order chi connectivity index (χ0) is 25.5. The largest absolute Gasteiger partial charge is 0.335 e. The molecule has 37 heavy (non-hydrogen) atoms. The first-order valence-corrected chi connectivity index (χ1v) is 11.7. The summed E-state index contributed by atoms with van der Waals surface area (Å²) in [6, 6.07) is 10.3. The third kappa shape index (κ3) is 4.08. The lowest BCUT2D eigenvalue weighted by Gasteiger charge is -2.09. The van der Waals surface area contributed by atoms with Gasteiger partial charge < -0.3 is 10.3 Å². The second-order valence-corrected chi connectivity index (χ2v) is 8.95. The summed E-state index contributed by atoms with van der Waals surface area (Å²) in [6.07, 6.45) is 8.28. The van der Waals surface area contributed by atoms with Crippen LogP contribution in [0.15, 0.2) is 67.4 Å². The normalized spacial score (nSPS) is 11.5. The maximum atomic E-state index is 14.5. The lowest BCUT2D eigenvalue weighted by molar-refractivity contribution is -0.118. The molecule has 6 aromatic rings. The van der Waals surface area contributed by atoms with Crippen LogP contribution in [-0.4, -0.2) is 41.0 Å². The van der Waals surface area contributed by atoms with Crippen LogP contribution in [0.1, 0.15) is 13.8 Å². The van der Waals surface area contributed by atoms with E-state index >= 15 is 0 Å². The summed E-state index contributed by atoms with van der Waals surface area (Å²) in [4.78, 5) is 33.2. The third-order valence-corrected chi connectivity index (χ3v) is 6.07. The van der Waals surface area contributed by atoms with Crippen LogP contribution in [0.25, 0.3) is 55.8 Å². The average Bonchev–Trinajstić information content (AvgIpc) is 3.53. The average molecular weight is 493 g/mol. The number of H-pyrrole nitrogens is 2. The molecule has 0 unspecified atom stereocenters. The summed E-state index contributed by atoms with van der Waals surface area (Å²) in [5.74, 6) is -0.0486. The first kappa shape index (κ1) is 22.5. The fourth-order valence-electron chi connectivity index (χ4n) is 4.12. The number of aromatic amines is 2. The SMILES string of the molecule is CC(C)C(=O)Nc1cncc(-c2cnc3n[nH]c(-c4nc5c(-c6ccccc6F)cncc5[nH]4)c3c2)c1. The molecule has 0 fully saturated rings. The van der Waals surface area contributed by atoms with Crippen LogP contribution in [0.4, 0.5) is 10.1 Å². The highest BCUT2D eigenvalue weighted by atomic mass is 19.1. The smallest absolute Gasteiger partial charge is 0.226 e. The number of anilines is 1. The Kier molecular flexibility index (Phi) is 5.41. The molecule has 0 aliphatic carbocycles. The number of pyridine rings is 3. The molecule has 0 saturated heterocycles. The standard InChI is InChI=1S/C27H21FN8O/c1-14(2)27(37)32-17-7-15(9-29-11-17)16-8-19-24(35-36-25(19)31-10-16)26-33-22-13-30-12-20(23(22)34-26)18-5-3-4-6-21(18)28/h3-14H,1-2H3,(H,32,37)(H,33,34)(H,31,35,36). The number of rotatable bonds is 5. The van der Waals surface area contributed by atoms with Gasteiger partial charge in [0, 0.05) is 46.8 Å². The summed E-state index contributed by atoms with van der Waals surface area (Å²) >= 11 is 0. The number of halogens is 1. The van der Waals surface area contributed by atoms with E-state index in [0.717, 1.165) is 16.5 Å². The van der Waals surface area contributed by atoms with Crippen LogP contribution < -0.4 is 5.32 Å². The molecule has 0 aliphatic rings. The van der Waals surface area contributed by atoms with Crippen LogP contribution in [0.2, 0.25) is 0 Å². The van der Waals surface area contributed by atoms with Crippen LogP contribution in [0, 0.1) is 11.7 Å². The molecule has 182 valence electrons. The quantitative estimate of drug-likeness (QED) is 0.298. The summed E-state index contributed by atoms with van der Waals surface area (Å²) in [5.41, 5.74) is 5.63. The molecule has 0 radical (unpaired) electrons. The van der Waals surface area contributed by atoms with Crippen LogP contribution in [-0.2, 0) is 4.79 Å². The van der Waals surface area contributed by atoms with Crippen molar-refractivity contribution in [3.05, 3.63) is 73.2 Å². The van der Waals surface area contributed by atoms with E-state index in [-0.39, 0.29) is 17.6 Å². The molecule has 5 heterocycles. The van der Waals surface area contributed by atoms with Gasteiger partial charge in [0.15, 0.2) is 11.5 Å². The Morgan fingerprint density at radius 2 is 1.78 bits per heavy atom. The summed E-state index contributed by atoms with van der Waals surface area (Å²) in [6.45, 7) is 3.66. The number of nitrogens with one attached hydrogen (secondary N) is 3. The highest BCUT2D eigenvalue weighted by Crippen LogP contribution is 2.33. The Morgan fingerprint density at radius 1 is 0.973 bits per heavy atom. The number of fused-ring (bicyclic) bond motifs is 2. The minimum Gasteiger partial charge on any atom is -0.335 e. The fraction of sp³-hybridized carbons (Fsp3) is 0.111. The highest BCUT2D eigenvalue weighted by Gasteiger charge is 2.18. The lowest BCUT2D eigenvalue weighted by Crippen LogP contribution is -2.17. The van der Waals surface area contributed by atoms with E-state index in [9.17, 15) is 9.18 Å². The van der Waals surface area contributed by atoms with Crippen molar-refractivity contribution in [2.75, 3.05) is 5.32 Å². The van der Waals surface area contributed by atoms with Crippen LogP contribution >= 0.6 is 0 Å². The minimum atomic E-state index is -0.345. The monoisotopic (exact) mass is 492 g/mol. The van der Waals surface area contributed by atoms with Gasteiger partial charge in [0.2, 0.25) is 5.91 Å². The van der Waals surface area contributed by atoms with Crippen molar-refractivity contribution in [1.82, 2.24) is 35.1 Å². The number of hydrogen-bond acceptors (Lipinski definition) is 6. The molecular formula is C27H21FN8O. The molecule has 0 saturated carbocycles. The van der Waals surface area contributed by atoms with Gasteiger partial charge in [-0.15, -0.1) is 0 Å². The zero-order valence-electron chi connectivity index (χ0n) is 20.0. The summed E-state index contributed by atoms with van der Waals surface area (Å²) in [7, 11) is 0. The van der Waals surface area contributed by atoms with Gasteiger partial charge in [-0.1, -0.05) is 32.0 Å². The highest BCUT2D eigenvalue weighted by molar-refractivity contribution is 5.97. The number of nitrogens with zero attached hydrogens (tertiary/aromatic N) is 5. The molecular weight excluding hydrogens is 471 g/mol. The Hall–Kier alpha value is -4.99. The molecule has 6 rings (SSSR count). The van der Waals surface area contributed by atoms with Crippen molar-refractivity contribution in [3.8, 4) is 33.8 Å². The van der Waals surface area contributed by atoms with Gasteiger partial charge in [-0.2, -0.15) is 5.10 Å². The number of amides is 1. The van der Waals surface area contributed by atoms with E-state index in [1.807, 2.05) is 26.0 Å². The zero-order valence-corrected chi connectivity index (χ0v) is 20.0. The van der Waals surface area contributed by atoms with E-state index in [1.165, 1.54) is 6.07 Å². The first-order chi connectivity index (χ1) is 18.0. The van der Waals surface area contributed by atoms with Gasteiger partial charge in [-0.05, 0) is 18.2 Å². The molecule has 1 aromatic carbocycles. The molecule has 0 spiro atoms. The fourth-order valence-corrected chi connectivity index (χ4v) is 4.12. The first-order valence-electron chi connectivity index (χ1n) is 11.7. The van der Waals surface area contributed by atoms with Crippen molar-refractivity contribution >= 4 is 33.7 Å². The number of aromatic nitrogens is 7. The summed E-state index contributed by atoms with van der Waals surface area (Å²) in [5, 5.41) is 11.0. The topological polar surface area (TPSA) is 125 Å². The molecule has 0 atom stereocenters. The Balaban J connectivity index is 1.42. The maximum absolute atomic E-state index is 14.5. The minimum absolute atomic E-state index is 0.0845. The summed E-state index contributed by atoms with van der Waals surface area (Å²) < 4.78 is 14.5. The van der Waals surface area contributed by atoms with Gasteiger partial charge in [-0.3, -0.25) is 19.9 Å². The van der Waals surface area contributed by atoms with Gasteiger partial charge in [0.1, 0.15) is 17.0 Å². The Morgan fingerprint density at radius 3 is 2.62 bits per heavy atom. The molecule has 10 heteroatoms. The van der Waals surface area contributed by atoms with Gasteiger partial charge in [0.25, 0.3) is 0 Å². The predicted molar refractivity (Wildman–Crippen MR) is 139 cm³/mol. The van der Waals surface area contributed by atoms with E-state index in [1.54, 1.807) is 49.2 Å². The van der Waals surface area contributed by atoms with E-state index < -0.39 is 0 Å². The number of imidazole rings is 1. The van der Waals surface area contributed by atoms with E-state index in [2.05, 4.69) is 35.5 Å². The number of hydrogen-bond donors (Lipinski definition) is 3. The van der Waals surface area contributed by atoms with Crippen molar-refractivity contribution in [3.63, 3.8) is 0 Å². The number of carbonyl (C=O) groups is 1.